The van der Waals surface area contributed by atoms with Gasteiger partial charge in [-0.2, -0.15) is 0 Å². The molecule has 3 heterocycles. The van der Waals surface area contributed by atoms with Crippen LogP contribution in [-0.4, -0.2) is 58.6 Å². The van der Waals surface area contributed by atoms with Gasteiger partial charge in [0, 0.05) is 50.8 Å². The van der Waals surface area contributed by atoms with Crippen LogP contribution >= 0.6 is 11.3 Å². The molecule has 0 saturated carbocycles. The first-order chi connectivity index (χ1) is 11.7. The van der Waals surface area contributed by atoms with E-state index in [9.17, 15) is 4.79 Å². The minimum atomic E-state index is 0.153. The summed E-state index contributed by atoms with van der Waals surface area (Å²) < 4.78 is 7.24. The first-order valence-corrected chi connectivity index (χ1v) is 9.06. The fraction of sp³-hybridized carbons (Fsp3) is 0.529. The number of aromatic nitrogens is 2. The van der Waals surface area contributed by atoms with Gasteiger partial charge < -0.3 is 14.2 Å². The van der Waals surface area contributed by atoms with Gasteiger partial charge in [0.25, 0.3) is 0 Å². The Bertz CT molecular complexity index is 668. The van der Waals surface area contributed by atoms with Crippen molar-refractivity contribution in [1.82, 2.24) is 19.4 Å². The van der Waals surface area contributed by atoms with Gasteiger partial charge in [-0.3, -0.25) is 9.69 Å². The molecule has 0 atom stereocenters. The summed E-state index contributed by atoms with van der Waals surface area (Å²) in [6, 6.07) is 4.09. The number of amides is 1. The van der Waals surface area contributed by atoms with E-state index in [1.54, 1.807) is 18.4 Å². The number of thiophene rings is 1. The third-order valence-corrected chi connectivity index (χ3v) is 5.25. The highest BCUT2D eigenvalue weighted by Crippen LogP contribution is 2.17. The first kappa shape index (κ1) is 17.1. The zero-order valence-corrected chi connectivity index (χ0v) is 15.1. The molecule has 0 aliphatic carbocycles. The molecule has 24 heavy (non-hydrogen) atoms. The van der Waals surface area contributed by atoms with Crippen LogP contribution in [0.2, 0.25) is 0 Å². The molecular weight excluding hydrogens is 324 g/mol. The first-order valence-electron chi connectivity index (χ1n) is 8.18. The van der Waals surface area contributed by atoms with E-state index < -0.39 is 0 Å². The van der Waals surface area contributed by atoms with Crippen molar-refractivity contribution < 1.29 is 9.53 Å². The van der Waals surface area contributed by atoms with E-state index in [4.69, 9.17) is 4.74 Å². The number of aryl methyl sites for hydroxylation is 1. The summed E-state index contributed by atoms with van der Waals surface area (Å²) in [5.74, 6) is 0.153. The minimum Gasteiger partial charge on any atom is -0.383 e. The fourth-order valence-corrected chi connectivity index (χ4v) is 3.74. The van der Waals surface area contributed by atoms with Gasteiger partial charge in [-0.25, -0.2) is 4.98 Å². The van der Waals surface area contributed by atoms with Crippen LogP contribution in [0, 0.1) is 0 Å². The Balaban J connectivity index is 1.60. The van der Waals surface area contributed by atoms with E-state index in [2.05, 4.69) is 20.5 Å². The van der Waals surface area contributed by atoms with Crippen LogP contribution in [-0.2, 0) is 36.1 Å². The molecule has 0 aromatic carbocycles. The maximum atomic E-state index is 12.8. The van der Waals surface area contributed by atoms with Gasteiger partial charge in [-0.1, -0.05) is 6.07 Å². The van der Waals surface area contributed by atoms with E-state index >= 15 is 0 Å². The van der Waals surface area contributed by atoms with Gasteiger partial charge >= 0.3 is 0 Å². The second-order valence-corrected chi connectivity index (χ2v) is 7.13. The summed E-state index contributed by atoms with van der Waals surface area (Å²) >= 11 is 1.68. The quantitative estimate of drug-likeness (QED) is 0.761. The molecule has 1 aliphatic rings. The molecular formula is C17H24N4O2S. The number of methoxy groups -OCH3 is 1. The lowest BCUT2D eigenvalue weighted by molar-refractivity contribution is -0.133. The van der Waals surface area contributed by atoms with Crippen molar-refractivity contribution in [3.8, 4) is 0 Å². The molecule has 6 nitrogen and oxygen atoms in total. The molecule has 0 bridgehead atoms. The van der Waals surface area contributed by atoms with Crippen LogP contribution in [0.1, 0.15) is 16.3 Å². The van der Waals surface area contributed by atoms with Crippen LogP contribution in [0.25, 0.3) is 0 Å². The number of imidazole rings is 1. The van der Waals surface area contributed by atoms with Crippen LogP contribution in [0.3, 0.4) is 0 Å². The van der Waals surface area contributed by atoms with Gasteiger partial charge in [0.05, 0.1) is 31.7 Å². The monoisotopic (exact) mass is 348 g/mol. The van der Waals surface area contributed by atoms with Gasteiger partial charge in [-0.15, -0.1) is 11.3 Å². The third kappa shape index (κ3) is 4.03. The van der Waals surface area contributed by atoms with Crippen LogP contribution in [0.15, 0.2) is 23.8 Å². The highest BCUT2D eigenvalue weighted by atomic mass is 32.1. The molecule has 3 rings (SSSR count). The summed E-state index contributed by atoms with van der Waals surface area (Å²) in [6.45, 7) is 3.92. The molecule has 1 aliphatic heterocycles. The van der Waals surface area contributed by atoms with Gasteiger partial charge in [-0.05, 0) is 11.4 Å². The molecule has 1 amide bonds. The van der Waals surface area contributed by atoms with Crippen molar-refractivity contribution in [2.45, 2.75) is 19.5 Å². The minimum absolute atomic E-state index is 0.153. The molecule has 2 aromatic rings. The lowest BCUT2D eigenvalue weighted by Gasteiger charge is -2.29. The van der Waals surface area contributed by atoms with E-state index in [1.165, 1.54) is 10.6 Å². The molecule has 130 valence electrons. The van der Waals surface area contributed by atoms with Crippen molar-refractivity contribution in [3.05, 3.63) is 40.1 Å². The Morgan fingerprint density at radius 2 is 2.38 bits per heavy atom. The number of hydrogen-bond acceptors (Lipinski definition) is 5. The summed E-state index contributed by atoms with van der Waals surface area (Å²) in [5, 5.41) is 2.04. The topological polar surface area (TPSA) is 50.6 Å². The van der Waals surface area contributed by atoms with Crippen LogP contribution < -0.4 is 0 Å². The van der Waals surface area contributed by atoms with Crippen LogP contribution in [0.5, 0.6) is 0 Å². The van der Waals surface area contributed by atoms with Gasteiger partial charge in [0.1, 0.15) is 0 Å². The number of fused-ring (bicyclic) bond motifs is 1. The Morgan fingerprint density at radius 3 is 3.12 bits per heavy atom. The second-order valence-electron chi connectivity index (χ2n) is 6.10. The summed E-state index contributed by atoms with van der Waals surface area (Å²) in [7, 11) is 3.70. The Morgan fingerprint density at radius 1 is 1.50 bits per heavy atom. The zero-order chi connectivity index (χ0) is 16.9. The van der Waals surface area contributed by atoms with E-state index in [1.807, 2.05) is 29.7 Å². The highest BCUT2D eigenvalue weighted by molar-refractivity contribution is 7.09. The molecule has 0 fully saturated rings. The van der Waals surface area contributed by atoms with Crippen molar-refractivity contribution in [2.75, 3.05) is 33.4 Å². The predicted octanol–water partition coefficient (Wildman–Crippen LogP) is 1.51. The molecule has 0 radical (unpaired) electrons. The molecule has 0 saturated heterocycles. The molecule has 0 spiro atoms. The van der Waals surface area contributed by atoms with E-state index in [0.29, 0.717) is 26.2 Å². The van der Waals surface area contributed by atoms with E-state index in [0.717, 1.165) is 25.2 Å². The number of nitrogens with zero attached hydrogens (tertiary/aromatic N) is 4. The van der Waals surface area contributed by atoms with Crippen molar-refractivity contribution in [3.63, 3.8) is 0 Å². The summed E-state index contributed by atoms with van der Waals surface area (Å²) in [5.41, 5.74) is 2.38. The third-order valence-electron chi connectivity index (χ3n) is 4.39. The largest absolute Gasteiger partial charge is 0.383 e. The fourth-order valence-electron chi connectivity index (χ4n) is 3.02. The maximum Gasteiger partial charge on any atom is 0.237 e. The molecule has 0 unspecified atom stereocenters. The smallest absolute Gasteiger partial charge is 0.237 e. The Hall–Kier alpha value is -1.70. The Kier molecular flexibility index (Phi) is 5.65. The van der Waals surface area contributed by atoms with Gasteiger partial charge in [0.15, 0.2) is 0 Å². The molecule has 7 heteroatoms. The number of rotatable bonds is 7. The number of carbonyl (C=O) groups is 1. The number of carbonyl (C=O) groups excluding carboxylic acids is 1. The average molecular weight is 348 g/mol. The summed E-state index contributed by atoms with van der Waals surface area (Å²) in [6.07, 6.45) is 2.81. The lowest BCUT2D eigenvalue weighted by atomic mass is 10.1. The highest BCUT2D eigenvalue weighted by Gasteiger charge is 2.23. The van der Waals surface area contributed by atoms with Crippen molar-refractivity contribution >= 4 is 17.2 Å². The standard InChI is InChI=1S/C17H24N4O2S/c1-19-13-18-15-11-20(6-5-16(15)19)12-17(22)21(7-8-23-2)10-14-4-3-9-24-14/h3-4,9,13H,5-8,10-12H2,1-2H3. The second kappa shape index (κ2) is 7.92. The zero-order valence-electron chi connectivity index (χ0n) is 14.3. The summed E-state index contributed by atoms with van der Waals surface area (Å²) in [4.78, 5) is 22.5. The Labute approximate surface area is 146 Å². The van der Waals surface area contributed by atoms with Crippen LogP contribution in [0.4, 0.5) is 0 Å². The SMILES string of the molecule is COCCN(Cc1cccs1)C(=O)CN1CCc2c(ncn2C)C1. The normalized spacial score (nSPS) is 14.6. The van der Waals surface area contributed by atoms with Gasteiger partial charge in [0.2, 0.25) is 5.91 Å². The maximum absolute atomic E-state index is 12.8. The average Bonchev–Trinajstić information content (AvgIpc) is 3.21. The van der Waals surface area contributed by atoms with E-state index in [-0.39, 0.29) is 5.91 Å². The molecule has 0 N–H and O–H groups in total. The lowest BCUT2D eigenvalue weighted by Crippen LogP contribution is -2.43. The number of ether oxygens (including phenoxy) is 1. The molecule has 2 aromatic heterocycles. The van der Waals surface area contributed by atoms with Crippen molar-refractivity contribution in [1.29, 1.82) is 0 Å². The number of hydrogen-bond donors (Lipinski definition) is 0. The predicted molar refractivity (Wildman–Crippen MR) is 93.8 cm³/mol. The van der Waals surface area contributed by atoms with Crippen molar-refractivity contribution in [2.24, 2.45) is 7.05 Å².